The first-order valence-electron chi connectivity index (χ1n) is 5.20. The SMILES string of the molecule is COC(C[C@H](O)[C@H](O)CO)n1cnc(N)nc1=O. The van der Waals surface area contributed by atoms with E-state index in [0.717, 1.165) is 10.9 Å². The van der Waals surface area contributed by atoms with Crippen molar-refractivity contribution in [3.05, 3.63) is 16.8 Å². The number of hydrogen-bond donors (Lipinski definition) is 4. The van der Waals surface area contributed by atoms with Crippen molar-refractivity contribution >= 4 is 5.95 Å². The summed E-state index contributed by atoms with van der Waals surface area (Å²) in [5.74, 6) is -0.165. The third-order valence-electron chi connectivity index (χ3n) is 2.40. The normalized spacial score (nSPS) is 16.2. The molecule has 0 aliphatic carbocycles. The van der Waals surface area contributed by atoms with E-state index in [0.29, 0.717) is 0 Å². The van der Waals surface area contributed by atoms with Crippen LogP contribution in [-0.4, -0.2) is 55.8 Å². The lowest BCUT2D eigenvalue weighted by Crippen LogP contribution is -2.36. The van der Waals surface area contributed by atoms with Gasteiger partial charge in [-0.05, 0) is 0 Å². The number of anilines is 1. The lowest BCUT2D eigenvalue weighted by molar-refractivity contribution is -0.0621. The molecule has 0 aliphatic heterocycles. The van der Waals surface area contributed by atoms with Crippen molar-refractivity contribution < 1.29 is 20.1 Å². The third-order valence-corrected chi connectivity index (χ3v) is 2.40. The van der Waals surface area contributed by atoms with Gasteiger partial charge < -0.3 is 25.8 Å². The zero-order valence-electron chi connectivity index (χ0n) is 9.80. The van der Waals surface area contributed by atoms with Crippen LogP contribution in [0.2, 0.25) is 0 Å². The van der Waals surface area contributed by atoms with Gasteiger partial charge in [-0.1, -0.05) is 0 Å². The average molecular weight is 260 g/mol. The summed E-state index contributed by atoms with van der Waals surface area (Å²) in [4.78, 5) is 18.6. The van der Waals surface area contributed by atoms with E-state index in [4.69, 9.17) is 15.6 Å². The summed E-state index contributed by atoms with van der Waals surface area (Å²) in [5, 5.41) is 27.5. The Morgan fingerprint density at radius 3 is 2.67 bits per heavy atom. The maximum Gasteiger partial charge on any atom is 0.354 e. The Kier molecular flexibility index (Phi) is 5.16. The minimum atomic E-state index is -1.31. The smallest absolute Gasteiger partial charge is 0.354 e. The number of aliphatic hydroxyl groups is 3. The molecule has 5 N–H and O–H groups in total. The summed E-state index contributed by atoms with van der Waals surface area (Å²) in [7, 11) is 1.32. The maximum absolute atomic E-state index is 11.5. The van der Waals surface area contributed by atoms with Gasteiger partial charge in [0.25, 0.3) is 0 Å². The van der Waals surface area contributed by atoms with E-state index in [9.17, 15) is 15.0 Å². The van der Waals surface area contributed by atoms with Crippen LogP contribution in [-0.2, 0) is 4.74 Å². The molecule has 1 aromatic rings. The van der Waals surface area contributed by atoms with Gasteiger partial charge in [0.1, 0.15) is 18.7 Å². The summed E-state index contributed by atoms with van der Waals surface area (Å²) in [6.07, 6.45) is -2.39. The second-order valence-corrected chi connectivity index (χ2v) is 3.65. The second kappa shape index (κ2) is 6.40. The Hall–Kier alpha value is -1.55. The highest BCUT2D eigenvalue weighted by molar-refractivity contribution is 5.09. The summed E-state index contributed by atoms with van der Waals surface area (Å²) in [6.45, 7) is -0.593. The van der Waals surface area contributed by atoms with Gasteiger partial charge in [-0.3, -0.25) is 4.57 Å². The van der Waals surface area contributed by atoms with Crippen molar-refractivity contribution in [3.8, 4) is 0 Å². The molecule has 0 saturated heterocycles. The lowest BCUT2D eigenvalue weighted by atomic mass is 10.1. The Labute approximate surface area is 102 Å². The van der Waals surface area contributed by atoms with Crippen molar-refractivity contribution in [1.29, 1.82) is 0 Å². The molecule has 3 atom stereocenters. The first kappa shape index (κ1) is 14.5. The van der Waals surface area contributed by atoms with Gasteiger partial charge in [-0.25, -0.2) is 9.78 Å². The zero-order chi connectivity index (χ0) is 13.7. The zero-order valence-corrected chi connectivity index (χ0v) is 9.80. The van der Waals surface area contributed by atoms with E-state index < -0.39 is 30.7 Å². The second-order valence-electron chi connectivity index (χ2n) is 3.65. The maximum atomic E-state index is 11.5. The predicted octanol–water partition coefficient (Wildman–Crippen LogP) is -2.53. The molecule has 9 nitrogen and oxygen atoms in total. The molecule has 9 heteroatoms. The number of aromatic nitrogens is 3. The largest absolute Gasteiger partial charge is 0.394 e. The number of rotatable bonds is 6. The van der Waals surface area contributed by atoms with Crippen molar-refractivity contribution in [2.45, 2.75) is 24.9 Å². The Morgan fingerprint density at radius 2 is 2.17 bits per heavy atom. The van der Waals surface area contributed by atoms with Crippen LogP contribution in [0.4, 0.5) is 5.95 Å². The number of hydrogen-bond acceptors (Lipinski definition) is 8. The molecule has 1 unspecified atom stereocenters. The number of ether oxygens (including phenoxy) is 1. The van der Waals surface area contributed by atoms with Gasteiger partial charge >= 0.3 is 5.69 Å². The standard InChI is InChI=1S/C9H16N4O5/c1-18-7(2-5(15)6(16)3-14)13-4-11-8(10)12-9(13)17/h4-7,14-16H,2-3H2,1H3,(H2,10,12,17)/t5-,6+,7?/m0/s1. The van der Waals surface area contributed by atoms with Crippen molar-refractivity contribution in [1.82, 2.24) is 14.5 Å². The first-order valence-corrected chi connectivity index (χ1v) is 5.20. The van der Waals surface area contributed by atoms with Gasteiger partial charge in [0, 0.05) is 13.5 Å². The highest BCUT2D eigenvalue weighted by Crippen LogP contribution is 2.14. The minimum absolute atomic E-state index is 0.106. The summed E-state index contributed by atoms with van der Waals surface area (Å²) in [6, 6.07) is 0. The van der Waals surface area contributed by atoms with Crippen LogP contribution in [0, 0.1) is 0 Å². The summed E-state index contributed by atoms with van der Waals surface area (Å²) in [5.41, 5.74) is 4.56. The van der Waals surface area contributed by atoms with Crippen LogP contribution >= 0.6 is 0 Å². The molecule has 0 aromatic carbocycles. The van der Waals surface area contributed by atoms with E-state index in [1.165, 1.54) is 7.11 Å². The quantitative estimate of drug-likeness (QED) is 0.438. The van der Waals surface area contributed by atoms with Gasteiger partial charge in [0.15, 0.2) is 0 Å². The average Bonchev–Trinajstić information content (AvgIpc) is 2.35. The summed E-state index contributed by atoms with van der Waals surface area (Å²) < 4.78 is 6.04. The monoisotopic (exact) mass is 260 g/mol. The van der Waals surface area contributed by atoms with Crippen LogP contribution in [0.1, 0.15) is 12.6 Å². The molecule has 0 spiro atoms. The number of nitrogens with zero attached hydrogens (tertiary/aromatic N) is 3. The van der Waals surface area contributed by atoms with Crippen LogP contribution in [0.5, 0.6) is 0 Å². The van der Waals surface area contributed by atoms with Gasteiger partial charge in [-0.2, -0.15) is 4.98 Å². The van der Waals surface area contributed by atoms with Gasteiger partial charge in [0.2, 0.25) is 5.95 Å². The highest BCUT2D eigenvalue weighted by atomic mass is 16.5. The van der Waals surface area contributed by atoms with Crippen LogP contribution < -0.4 is 11.4 Å². The molecule has 1 rings (SSSR count). The van der Waals surface area contributed by atoms with Crippen LogP contribution in [0.25, 0.3) is 0 Å². The van der Waals surface area contributed by atoms with Crippen molar-refractivity contribution in [2.75, 3.05) is 19.5 Å². The topological polar surface area (TPSA) is 144 Å². The number of nitrogens with two attached hydrogens (primary N) is 1. The van der Waals surface area contributed by atoms with Gasteiger partial charge in [-0.15, -0.1) is 0 Å². The number of aliphatic hydroxyl groups excluding tert-OH is 3. The first-order chi connectivity index (χ1) is 8.49. The van der Waals surface area contributed by atoms with E-state index >= 15 is 0 Å². The molecule has 0 bridgehead atoms. The molecule has 0 amide bonds. The summed E-state index contributed by atoms with van der Waals surface area (Å²) >= 11 is 0. The Bertz CT molecular complexity index is 437. The Balaban J connectivity index is 2.86. The predicted molar refractivity (Wildman–Crippen MR) is 60.5 cm³/mol. The molecular weight excluding hydrogens is 244 g/mol. The molecular formula is C9H16N4O5. The Morgan fingerprint density at radius 1 is 1.50 bits per heavy atom. The fourth-order valence-electron chi connectivity index (χ4n) is 1.36. The minimum Gasteiger partial charge on any atom is -0.394 e. The molecule has 0 saturated carbocycles. The molecule has 102 valence electrons. The molecule has 1 aromatic heterocycles. The fourth-order valence-corrected chi connectivity index (χ4v) is 1.36. The van der Waals surface area contributed by atoms with E-state index in [2.05, 4.69) is 9.97 Å². The van der Waals surface area contributed by atoms with Crippen molar-refractivity contribution in [3.63, 3.8) is 0 Å². The number of methoxy groups -OCH3 is 1. The van der Waals surface area contributed by atoms with Crippen LogP contribution in [0.15, 0.2) is 11.1 Å². The van der Waals surface area contributed by atoms with E-state index in [-0.39, 0.29) is 12.4 Å². The molecule has 0 fully saturated rings. The molecule has 0 aliphatic rings. The lowest BCUT2D eigenvalue weighted by Gasteiger charge is -2.22. The van der Waals surface area contributed by atoms with E-state index in [1.54, 1.807) is 0 Å². The molecule has 1 heterocycles. The van der Waals surface area contributed by atoms with E-state index in [1.807, 2.05) is 0 Å². The molecule has 0 radical (unpaired) electrons. The van der Waals surface area contributed by atoms with Crippen molar-refractivity contribution in [2.24, 2.45) is 0 Å². The molecule has 18 heavy (non-hydrogen) atoms. The van der Waals surface area contributed by atoms with Crippen LogP contribution in [0.3, 0.4) is 0 Å². The number of nitrogen functional groups attached to an aromatic ring is 1. The third kappa shape index (κ3) is 3.47. The van der Waals surface area contributed by atoms with Gasteiger partial charge in [0.05, 0.1) is 12.7 Å². The highest BCUT2D eigenvalue weighted by Gasteiger charge is 2.22. The fraction of sp³-hybridized carbons (Fsp3) is 0.667.